The Morgan fingerprint density at radius 1 is 1.55 bits per heavy atom. The Morgan fingerprint density at radius 2 is 2.09 bits per heavy atom. The van der Waals surface area contributed by atoms with Gasteiger partial charge in [-0.1, -0.05) is 0 Å². The maximum absolute atomic E-state index is 8.54. The Bertz CT molecular complexity index is 109. The Kier molecular flexibility index (Phi) is 4.60. The van der Waals surface area contributed by atoms with Crippen LogP contribution in [0.1, 0.15) is 6.92 Å². The average molecular weight is 162 g/mol. The van der Waals surface area contributed by atoms with E-state index in [2.05, 4.69) is 5.32 Å². The van der Waals surface area contributed by atoms with E-state index in [0.717, 1.165) is 0 Å². The second-order valence-electron chi connectivity index (χ2n) is 2.70. The Balaban J connectivity index is 3.88. The zero-order valence-corrected chi connectivity index (χ0v) is 7.72. The molecule has 0 aromatic rings. The van der Waals surface area contributed by atoms with Crippen LogP contribution in [0.3, 0.4) is 0 Å². The van der Waals surface area contributed by atoms with Crippen molar-refractivity contribution < 1.29 is 9.84 Å². The molecule has 0 radical (unpaired) electrons. The molecule has 0 rings (SSSR count). The van der Waals surface area contributed by atoms with Crippen molar-refractivity contribution in [2.75, 3.05) is 34.4 Å². The van der Waals surface area contributed by atoms with Crippen molar-refractivity contribution in [3.05, 3.63) is 0 Å². The van der Waals surface area contributed by atoms with Gasteiger partial charge < -0.3 is 9.84 Å². The number of ether oxygens (including phenoxy) is 1. The summed E-state index contributed by atoms with van der Waals surface area (Å²) in [6, 6.07) is 0. The van der Waals surface area contributed by atoms with Crippen LogP contribution in [-0.4, -0.2) is 50.2 Å². The van der Waals surface area contributed by atoms with E-state index in [-0.39, 0.29) is 6.61 Å². The Morgan fingerprint density at radius 3 is 2.36 bits per heavy atom. The van der Waals surface area contributed by atoms with Gasteiger partial charge in [-0.25, -0.2) is 0 Å². The molecule has 0 aliphatic rings. The molecule has 11 heavy (non-hydrogen) atoms. The standard InChI is InChI=1S/C7H18N2O2/c1-7(8-2,9(3)4)11-6-5-10/h8,10H,5-6H2,1-4H3. The number of nitrogens with one attached hydrogen (secondary N) is 1. The lowest BCUT2D eigenvalue weighted by Crippen LogP contribution is -2.54. The highest BCUT2D eigenvalue weighted by molar-refractivity contribution is 4.65. The molecule has 4 heteroatoms. The minimum Gasteiger partial charge on any atom is -0.394 e. The van der Waals surface area contributed by atoms with E-state index in [1.54, 1.807) is 0 Å². The molecule has 4 nitrogen and oxygen atoms in total. The quantitative estimate of drug-likeness (QED) is 0.532. The van der Waals surface area contributed by atoms with Crippen molar-refractivity contribution in [2.24, 2.45) is 0 Å². The van der Waals surface area contributed by atoms with Crippen LogP contribution < -0.4 is 5.32 Å². The topological polar surface area (TPSA) is 44.7 Å². The second-order valence-corrected chi connectivity index (χ2v) is 2.70. The predicted octanol–water partition coefficient (Wildman–Crippen LogP) is -0.550. The SMILES string of the molecule is CNC(C)(OCCO)N(C)C. The van der Waals surface area contributed by atoms with Gasteiger partial charge >= 0.3 is 0 Å². The normalized spacial score (nSPS) is 16.9. The van der Waals surface area contributed by atoms with Crippen molar-refractivity contribution in [3.63, 3.8) is 0 Å². The Hall–Kier alpha value is -0.160. The molecule has 0 aliphatic heterocycles. The van der Waals surface area contributed by atoms with Gasteiger partial charge in [0.1, 0.15) is 0 Å². The van der Waals surface area contributed by atoms with Gasteiger partial charge in [-0.2, -0.15) is 0 Å². The maximum Gasteiger partial charge on any atom is 0.173 e. The molecule has 0 bridgehead atoms. The van der Waals surface area contributed by atoms with Gasteiger partial charge in [-0.15, -0.1) is 0 Å². The summed E-state index contributed by atoms with van der Waals surface area (Å²) in [5.74, 6) is -0.483. The van der Waals surface area contributed by atoms with Crippen LogP contribution in [0.2, 0.25) is 0 Å². The minimum atomic E-state index is -0.483. The number of aliphatic hydroxyl groups excluding tert-OH is 1. The van der Waals surface area contributed by atoms with Crippen LogP contribution >= 0.6 is 0 Å². The van der Waals surface area contributed by atoms with Gasteiger partial charge in [0.25, 0.3) is 0 Å². The summed E-state index contributed by atoms with van der Waals surface area (Å²) in [6.07, 6.45) is 0. The zero-order chi connectivity index (χ0) is 8.91. The van der Waals surface area contributed by atoms with Gasteiger partial charge in [0.05, 0.1) is 13.2 Å². The van der Waals surface area contributed by atoms with Crippen molar-refractivity contribution >= 4 is 0 Å². The summed E-state index contributed by atoms with van der Waals surface area (Å²) in [7, 11) is 5.64. The highest BCUT2D eigenvalue weighted by Gasteiger charge is 2.24. The zero-order valence-electron chi connectivity index (χ0n) is 7.72. The van der Waals surface area contributed by atoms with E-state index >= 15 is 0 Å². The molecular formula is C7H18N2O2. The molecule has 1 unspecified atom stereocenters. The van der Waals surface area contributed by atoms with Gasteiger partial charge in [-0.3, -0.25) is 10.2 Å². The molecule has 1 atom stereocenters. The fraction of sp³-hybridized carbons (Fsp3) is 1.00. The fourth-order valence-corrected chi connectivity index (χ4v) is 0.669. The summed E-state index contributed by atoms with van der Waals surface area (Å²) >= 11 is 0. The molecule has 2 N–H and O–H groups in total. The lowest BCUT2D eigenvalue weighted by Gasteiger charge is -2.35. The second kappa shape index (κ2) is 4.66. The van der Waals surface area contributed by atoms with Crippen molar-refractivity contribution in [2.45, 2.75) is 12.8 Å². The molecule has 68 valence electrons. The van der Waals surface area contributed by atoms with Gasteiger partial charge in [-0.05, 0) is 28.1 Å². The average Bonchev–Trinajstić information content (AvgIpc) is 2.00. The molecule has 0 fully saturated rings. The van der Waals surface area contributed by atoms with Crippen molar-refractivity contribution in [1.82, 2.24) is 10.2 Å². The first-order valence-electron chi connectivity index (χ1n) is 3.68. The van der Waals surface area contributed by atoms with Crippen LogP contribution in [0, 0.1) is 0 Å². The summed E-state index contributed by atoms with van der Waals surface area (Å²) in [6.45, 7) is 2.29. The monoisotopic (exact) mass is 162 g/mol. The largest absolute Gasteiger partial charge is 0.394 e. The number of aliphatic hydroxyl groups is 1. The molecule has 0 aliphatic carbocycles. The highest BCUT2D eigenvalue weighted by Crippen LogP contribution is 2.07. The van der Waals surface area contributed by atoms with Crippen LogP contribution in [0.4, 0.5) is 0 Å². The third kappa shape index (κ3) is 3.16. The van der Waals surface area contributed by atoms with E-state index in [9.17, 15) is 0 Å². The molecular weight excluding hydrogens is 144 g/mol. The van der Waals surface area contributed by atoms with E-state index in [1.165, 1.54) is 0 Å². The van der Waals surface area contributed by atoms with Crippen LogP contribution in [-0.2, 0) is 4.74 Å². The lowest BCUT2D eigenvalue weighted by atomic mass is 10.4. The van der Waals surface area contributed by atoms with Gasteiger partial charge in [0.15, 0.2) is 5.85 Å². The molecule has 0 aromatic heterocycles. The molecule has 0 heterocycles. The summed E-state index contributed by atoms with van der Waals surface area (Å²) in [5, 5.41) is 11.5. The molecule has 0 amide bonds. The van der Waals surface area contributed by atoms with E-state index in [4.69, 9.17) is 9.84 Å². The summed E-state index contributed by atoms with van der Waals surface area (Å²) in [5.41, 5.74) is 0. The number of rotatable bonds is 5. The molecule has 0 aromatic carbocycles. The summed E-state index contributed by atoms with van der Waals surface area (Å²) < 4.78 is 5.35. The fourth-order valence-electron chi connectivity index (χ4n) is 0.669. The first-order valence-corrected chi connectivity index (χ1v) is 3.68. The number of hydrogen-bond acceptors (Lipinski definition) is 4. The summed E-state index contributed by atoms with van der Waals surface area (Å²) in [4.78, 5) is 1.91. The highest BCUT2D eigenvalue weighted by atomic mass is 16.5. The maximum atomic E-state index is 8.54. The van der Waals surface area contributed by atoms with E-state index in [0.29, 0.717) is 6.61 Å². The van der Waals surface area contributed by atoms with Crippen molar-refractivity contribution in [1.29, 1.82) is 0 Å². The molecule has 0 saturated carbocycles. The van der Waals surface area contributed by atoms with Crippen LogP contribution in [0.15, 0.2) is 0 Å². The van der Waals surface area contributed by atoms with Crippen molar-refractivity contribution in [3.8, 4) is 0 Å². The van der Waals surface area contributed by atoms with Gasteiger partial charge in [0.2, 0.25) is 0 Å². The van der Waals surface area contributed by atoms with E-state index < -0.39 is 5.85 Å². The number of nitrogens with zero attached hydrogens (tertiary/aromatic N) is 1. The smallest absolute Gasteiger partial charge is 0.173 e. The predicted molar refractivity (Wildman–Crippen MR) is 44.2 cm³/mol. The third-order valence-electron chi connectivity index (χ3n) is 1.79. The first kappa shape index (κ1) is 10.8. The molecule has 0 spiro atoms. The van der Waals surface area contributed by atoms with Crippen LogP contribution in [0.5, 0.6) is 0 Å². The molecule has 0 saturated heterocycles. The van der Waals surface area contributed by atoms with Crippen LogP contribution in [0.25, 0.3) is 0 Å². The van der Waals surface area contributed by atoms with E-state index in [1.807, 2.05) is 33.0 Å². The first-order chi connectivity index (χ1) is 5.06. The number of hydrogen-bond donors (Lipinski definition) is 2. The minimum absolute atomic E-state index is 0.0467. The Labute approximate surface area is 68.1 Å². The lowest BCUT2D eigenvalue weighted by molar-refractivity contribution is -0.149. The van der Waals surface area contributed by atoms with Gasteiger partial charge in [0, 0.05) is 0 Å². The third-order valence-corrected chi connectivity index (χ3v) is 1.79.